The van der Waals surface area contributed by atoms with Crippen molar-refractivity contribution in [3.63, 3.8) is 0 Å². The maximum absolute atomic E-state index is 9.36. The first-order chi connectivity index (χ1) is 8.20. The fourth-order valence-corrected chi connectivity index (χ4v) is 1.78. The van der Waals surface area contributed by atoms with Crippen molar-refractivity contribution in [3.05, 3.63) is 24.0 Å². The molecule has 5 nitrogen and oxygen atoms in total. The minimum absolute atomic E-state index is 0.125. The molecule has 0 aliphatic rings. The summed E-state index contributed by atoms with van der Waals surface area (Å²) in [5, 5.41) is 9.36. The fourth-order valence-electron chi connectivity index (χ4n) is 1.78. The van der Waals surface area contributed by atoms with Gasteiger partial charge < -0.3 is 20.6 Å². The maximum atomic E-state index is 9.36. The van der Waals surface area contributed by atoms with Crippen LogP contribution in [-0.2, 0) is 4.74 Å². The van der Waals surface area contributed by atoms with Crippen LogP contribution in [0.2, 0.25) is 0 Å². The molecule has 0 spiro atoms. The summed E-state index contributed by atoms with van der Waals surface area (Å²) in [7, 11) is 1.68. The van der Waals surface area contributed by atoms with Gasteiger partial charge in [0.05, 0.1) is 17.1 Å². The van der Waals surface area contributed by atoms with Gasteiger partial charge in [-0.15, -0.1) is 0 Å². The van der Waals surface area contributed by atoms with Crippen LogP contribution in [0.15, 0.2) is 18.2 Å². The number of nitrogens with one attached hydrogen (secondary N) is 1. The number of phenolic OH excluding ortho intramolecular Hbond substituents is 1. The number of hydrogen-bond donors (Lipinski definition) is 3. The third kappa shape index (κ3) is 2.75. The number of nitrogens with zero attached hydrogens (tertiary/aromatic N) is 1. The van der Waals surface area contributed by atoms with Gasteiger partial charge in [-0.25, -0.2) is 4.98 Å². The Morgan fingerprint density at radius 1 is 1.53 bits per heavy atom. The maximum Gasteiger partial charge on any atom is 0.124 e. The average Bonchev–Trinajstić information content (AvgIpc) is 2.72. The van der Waals surface area contributed by atoms with E-state index in [1.165, 1.54) is 0 Å². The van der Waals surface area contributed by atoms with Crippen molar-refractivity contribution in [1.29, 1.82) is 0 Å². The molecule has 0 saturated carbocycles. The molecule has 1 unspecified atom stereocenters. The van der Waals surface area contributed by atoms with Crippen LogP contribution in [-0.4, -0.2) is 28.8 Å². The number of aromatic hydroxyl groups is 1. The first-order valence-corrected chi connectivity index (χ1v) is 5.64. The van der Waals surface area contributed by atoms with Crippen molar-refractivity contribution in [3.8, 4) is 5.75 Å². The van der Waals surface area contributed by atoms with Gasteiger partial charge in [0.15, 0.2) is 0 Å². The molecule has 0 fully saturated rings. The van der Waals surface area contributed by atoms with E-state index >= 15 is 0 Å². The number of aromatic amines is 1. The minimum Gasteiger partial charge on any atom is -0.508 e. The van der Waals surface area contributed by atoms with Crippen LogP contribution in [0, 0.1) is 0 Å². The lowest BCUT2D eigenvalue weighted by Gasteiger charge is -2.07. The first kappa shape index (κ1) is 11.9. The van der Waals surface area contributed by atoms with E-state index in [0.717, 1.165) is 29.7 Å². The zero-order valence-corrected chi connectivity index (χ0v) is 9.81. The Balaban J connectivity index is 2.12. The van der Waals surface area contributed by atoms with Gasteiger partial charge in [0.25, 0.3) is 0 Å². The van der Waals surface area contributed by atoms with Gasteiger partial charge in [-0.05, 0) is 25.0 Å². The molecule has 1 aromatic carbocycles. The summed E-state index contributed by atoms with van der Waals surface area (Å²) in [5.41, 5.74) is 7.65. The molecule has 0 saturated heterocycles. The largest absolute Gasteiger partial charge is 0.508 e. The SMILES string of the molecule is COCCCC(N)c1nc2ccc(O)cc2[nH]1. The molecule has 5 heteroatoms. The number of hydrogen-bond acceptors (Lipinski definition) is 4. The predicted molar refractivity (Wildman–Crippen MR) is 65.8 cm³/mol. The van der Waals surface area contributed by atoms with Crippen LogP contribution in [0.4, 0.5) is 0 Å². The van der Waals surface area contributed by atoms with Crippen molar-refractivity contribution < 1.29 is 9.84 Å². The molecule has 0 radical (unpaired) electrons. The Hall–Kier alpha value is -1.59. The van der Waals surface area contributed by atoms with Gasteiger partial charge in [0, 0.05) is 19.8 Å². The van der Waals surface area contributed by atoms with Crippen LogP contribution < -0.4 is 5.73 Å². The van der Waals surface area contributed by atoms with E-state index < -0.39 is 0 Å². The normalized spacial score (nSPS) is 13.1. The van der Waals surface area contributed by atoms with E-state index in [-0.39, 0.29) is 11.8 Å². The number of fused-ring (bicyclic) bond motifs is 1. The Labute approximate surface area is 99.6 Å². The second-order valence-electron chi connectivity index (χ2n) is 4.07. The van der Waals surface area contributed by atoms with Crippen molar-refractivity contribution in [2.24, 2.45) is 5.73 Å². The van der Waals surface area contributed by atoms with Crippen molar-refractivity contribution in [1.82, 2.24) is 9.97 Å². The standard InChI is InChI=1S/C12H17N3O2/c1-17-6-2-3-9(13)12-14-10-5-4-8(16)7-11(10)15-12/h4-5,7,9,16H,2-3,6,13H2,1H3,(H,14,15). The van der Waals surface area contributed by atoms with Gasteiger partial charge in [-0.1, -0.05) is 0 Å². The Morgan fingerprint density at radius 3 is 3.12 bits per heavy atom. The number of rotatable bonds is 5. The van der Waals surface area contributed by atoms with Gasteiger partial charge in [-0.2, -0.15) is 0 Å². The second kappa shape index (κ2) is 5.16. The molecule has 1 heterocycles. The van der Waals surface area contributed by atoms with E-state index in [1.54, 1.807) is 25.3 Å². The quantitative estimate of drug-likeness (QED) is 0.688. The summed E-state index contributed by atoms with van der Waals surface area (Å²) in [6.07, 6.45) is 1.72. The third-order valence-electron chi connectivity index (χ3n) is 2.70. The highest BCUT2D eigenvalue weighted by molar-refractivity contribution is 5.76. The lowest BCUT2D eigenvalue weighted by molar-refractivity contribution is 0.190. The molecule has 0 aliphatic carbocycles. The summed E-state index contributed by atoms with van der Waals surface area (Å²) in [6, 6.07) is 4.91. The molecule has 2 rings (SSSR count). The van der Waals surface area contributed by atoms with Crippen molar-refractivity contribution in [2.75, 3.05) is 13.7 Å². The minimum atomic E-state index is -0.125. The first-order valence-electron chi connectivity index (χ1n) is 5.64. The summed E-state index contributed by atoms with van der Waals surface area (Å²) in [6.45, 7) is 0.703. The third-order valence-corrected chi connectivity index (χ3v) is 2.70. The molecule has 1 aromatic heterocycles. The number of H-pyrrole nitrogens is 1. The van der Waals surface area contributed by atoms with E-state index in [2.05, 4.69) is 9.97 Å². The summed E-state index contributed by atoms with van der Waals surface area (Å²) < 4.78 is 4.98. The number of imidazole rings is 1. The highest BCUT2D eigenvalue weighted by Crippen LogP contribution is 2.21. The molecule has 2 aromatic rings. The number of nitrogens with two attached hydrogens (primary N) is 1. The van der Waals surface area contributed by atoms with E-state index in [9.17, 15) is 5.11 Å². The lowest BCUT2D eigenvalue weighted by atomic mass is 10.1. The summed E-state index contributed by atoms with van der Waals surface area (Å²) >= 11 is 0. The molecule has 4 N–H and O–H groups in total. The van der Waals surface area contributed by atoms with Crippen molar-refractivity contribution >= 4 is 11.0 Å². The van der Waals surface area contributed by atoms with E-state index in [1.807, 2.05) is 0 Å². The zero-order valence-electron chi connectivity index (χ0n) is 9.81. The zero-order chi connectivity index (χ0) is 12.3. The lowest BCUT2D eigenvalue weighted by Crippen LogP contribution is -2.12. The molecule has 0 aliphatic heterocycles. The van der Waals surface area contributed by atoms with Crippen LogP contribution >= 0.6 is 0 Å². The average molecular weight is 235 g/mol. The number of aromatic nitrogens is 2. The molecule has 1 atom stereocenters. The molecule has 0 bridgehead atoms. The van der Waals surface area contributed by atoms with Gasteiger partial charge >= 0.3 is 0 Å². The highest BCUT2D eigenvalue weighted by Gasteiger charge is 2.11. The highest BCUT2D eigenvalue weighted by atomic mass is 16.5. The second-order valence-corrected chi connectivity index (χ2v) is 4.07. The molecular formula is C12H17N3O2. The Bertz CT molecular complexity index is 495. The van der Waals surface area contributed by atoms with Crippen LogP contribution in [0.5, 0.6) is 5.75 Å². The van der Waals surface area contributed by atoms with Crippen LogP contribution in [0.3, 0.4) is 0 Å². The number of ether oxygens (including phenoxy) is 1. The fraction of sp³-hybridized carbons (Fsp3) is 0.417. The van der Waals surface area contributed by atoms with Gasteiger partial charge in [0.2, 0.25) is 0 Å². The van der Waals surface area contributed by atoms with Gasteiger partial charge in [0.1, 0.15) is 11.6 Å². The number of phenols is 1. The molecular weight excluding hydrogens is 218 g/mol. The van der Waals surface area contributed by atoms with Crippen LogP contribution in [0.1, 0.15) is 24.7 Å². The summed E-state index contributed by atoms with van der Waals surface area (Å²) in [5.74, 6) is 0.974. The Morgan fingerprint density at radius 2 is 2.35 bits per heavy atom. The van der Waals surface area contributed by atoms with Gasteiger partial charge in [-0.3, -0.25) is 0 Å². The number of methoxy groups -OCH3 is 1. The molecule has 0 amide bonds. The van der Waals surface area contributed by atoms with Crippen LogP contribution in [0.25, 0.3) is 11.0 Å². The van der Waals surface area contributed by atoms with Crippen molar-refractivity contribution in [2.45, 2.75) is 18.9 Å². The predicted octanol–water partition coefficient (Wildman–Crippen LogP) is 1.69. The number of benzene rings is 1. The molecule has 92 valence electrons. The topological polar surface area (TPSA) is 84.2 Å². The summed E-state index contributed by atoms with van der Waals surface area (Å²) in [4.78, 5) is 7.53. The smallest absolute Gasteiger partial charge is 0.124 e. The molecule has 17 heavy (non-hydrogen) atoms. The monoisotopic (exact) mass is 235 g/mol. The van der Waals surface area contributed by atoms with E-state index in [0.29, 0.717) is 6.61 Å². The van der Waals surface area contributed by atoms with E-state index in [4.69, 9.17) is 10.5 Å². The Kier molecular flexibility index (Phi) is 3.61.